The van der Waals surface area contributed by atoms with Crippen molar-refractivity contribution in [2.75, 3.05) is 0 Å². The molecule has 1 aliphatic carbocycles. The van der Waals surface area contributed by atoms with Crippen molar-refractivity contribution in [1.29, 1.82) is 0 Å². The van der Waals surface area contributed by atoms with Crippen LogP contribution in [-0.4, -0.2) is 0 Å². The van der Waals surface area contributed by atoms with E-state index in [4.69, 9.17) is 0 Å². The van der Waals surface area contributed by atoms with E-state index in [1.807, 2.05) is 0 Å². The number of rotatable bonds is 6. The molecule has 0 heterocycles. The molecule has 0 spiro atoms. The summed E-state index contributed by atoms with van der Waals surface area (Å²) in [7, 11) is 6.59. The smallest absolute Gasteiger partial charge is 0.0372 e. The Morgan fingerprint density at radius 2 is 0.588 bits per heavy atom. The molecule has 5 rings (SSSR count). The Balaban J connectivity index is 1.48. The average Bonchev–Trinajstić information content (AvgIpc) is 2.94. The molecule has 2 atom stereocenters. The fraction of sp³-hybridized carbons (Fsp3) is 0.250. The lowest BCUT2D eigenvalue weighted by Crippen LogP contribution is -2.38. The summed E-state index contributed by atoms with van der Waals surface area (Å²) in [5, 5.41) is -0.118. The standard InChI is InChI=1S/C32H34P2/c33-31(25-13-5-1-6-14-25,26-15-7-2-8-16-26)29-21-23-30(24-22-29)32(34,27-17-9-3-10-18-27)28-19-11-4-12-20-28/h1-20,29-30H,21-24,33-34H2. The van der Waals surface area contributed by atoms with Crippen molar-refractivity contribution in [3.05, 3.63) is 144 Å². The molecule has 34 heavy (non-hydrogen) atoms. The lowest BCUT2D eigenvalue weighted by molar-refractivity contribution is 0.217. The highest BCUT2D eigenvalue weighted by atomic mass is 31.0. The highest BCUT2D eigenvalue weighted by molar-refractivity contribution is 7.19. The van der Waals surface area contributed by atoms with Gasteiger partial charge in [-0.25, -0.2) is 0 Å². The second-order valence-electron chi connectivity index (χ2n) is 9.75. The maximum atomic E-state index is 3.30. The lowest BCUT2D eigenvalue weighted by Gasteiger charge is -2.47. The van der Waals surface area contributed by atoms with E-state index in [0.717, 1.165) is 0 Å². The molecule has 4 aromatic rings. The van der Waals surface area contributed by atoms with Gasteiger partial charge in [0.2, 0.25) is 0 Å². The van der Waals surface area contributed by atoms with Gasteiger partial charge in [-0.2, -0.15) is 0 Å². The minimum Gasteiger partial charge on any atom is -0.121 e. The van der Waals surface area contributed by atoms with Gasteiger partial charge in [0.15, 0.2) is 0 Å². The molecule has 4 aromatic carbocycles. The molecular formula is C32H34P2. The predicted octanol–water partition coefficient (Wildman–Crippen LogP) is 8.43. The first-order valence-corrected chi connectivity index (χ1v) is 13.6. The first-order chi connectivity index (χ1) is 16.6. The fourth-order valence-electron chi connectivity index (χ4n) is 6.14. The lowest BCUT2D eigenvalue weighted by atomic mass is 9.65. The summed E-state index contributed by atoms with van der Waals surface area (Å²) in [6.07, 6.45) is 4.86. The first-order valence-electron chi connectivity index (χ1n) is 12.4. The summed E-state index contributed by atoms with van der Waals surface area (Å²) < 4.78 is 0. The van der Waals surface area contributed by atoms with Crippen molar-refractivity contribution in [3.63, 3.8) is 0 Å². The third kappa shape index (κ3) is 4.28. The number of benzene rings is 4. The minimum absolute atomic E-state index is 0.0590. The van der Waals surface area contributed by atoms with Gasteiger partial charge in [0.05, 0.1) is 0 Å². The molecule has 0 N–H and O–H groups in total. The van der Waals surface area contributed by atoms with Gasteiger partial charge in [-0.3, -0.25) is 0 Å². The normalized spacial score (nSPS) is 19.0. The average molecular weight is 481 g/mol. The quantitative estimate of drug-likeness (QED) is 0.243. The van der Waals surface area contributed by atoms with Crippen molar-refractivity contribution >= 4 is 18.5 Å². The molecule has 0 radical (unpaired) electrons. The van der Waals surface area contributed by atoms with Crippen molar-refractivity contribution in [2.45, 2.75) is 36.0 Å². The van der Waals surface area contributed by atoms with Crippen molar-refractivity contribution in [2.24, 2.45) is 11.8 Å². The van der Waals surface area contributed by atoms with E-state index in [-0.39, 0.29) is 10.3 Å². The van der Waals surface area contributed by atoms with Crippen LogP contribution in [0.2, 0.25) is 0 Å². The van der Waals surface area contributed by atoms with Crippen LogP contribution in [0, 0.1) is 11.8 Å². The molecule has 0 aromatic heterocycles. The summed E-state index contributed by atoms with van der Waals surface area (Å²) in [6.45, 7) is 0. The third-order valence-corrected chi connectivity index (χ3v) is 10.3. The summed E-state index contributed by atoms with van der Waals surface area (Å²) in [5.41, 5.74) is 5.60. The molecule has 172 valence electrons. The molecular weight excluding hydrogens is 446 g/mol. The molecule has 0 saturated heterocycles. The topological polar surface area (TPSA) is 0 Å². The molecule has 1 fully saturated rings. The third-order valence-electron chi connectivity index (χ3n) is 8.02. The van der Waals surface area contributed by atoms with Crippen LogP contribution in [0.5, 0.6) is 0 Å². The molecule has 1 aliphatic rings. The van der Waals surface area contributed by atoms with Crippen molar-refractivity contribution in [1.82, 2.24) is 0 Å². The zero-order chi connectivity index (χ0) is 23.4. The van der Waals surface area contributed by atoms with Crippen LogP contribution in [0.4, 0.5) is 0 Å². The van der Waals surface area contributed by atoms with Crippen LogP contribution in [0.3, 0.4) is 0 Å². The Kier molecular flexibility index (Phi) is 7.01. The van der Waals surface area contributed by atoms with E-state index in [2.05, 4.69) is 140 Å². The van der Waals surface area contributed by atoms with Crippen LogP contribution < -0.4 is 0 Å². The maximum Gasteiger partial charge on any atom is 0.0372 e. The van der Waals surface area contributed by atoms with Gasteiger partial charge in [-0.05, 0) is 59.8 Å². The Morgan fingerprint density at radius 1 is 0.382 bits per heavy atom. The predicted molar refractivity (Wildman–Crippen MR) is 152 cm³/mol. The number of hydrogen-bond donors (Lipinski definition) is 0. The molecule has 0 bridgehead atoms. The van der Waals surface area contributed by atoms with E-state index in [1.165, 1.54) is 47.9 Å². The maximum absolute atomic E-state index is 3.30. The molecule has 0 nitrogen and oxygen atoms in total. The summed E-state index contributed by atoms with van der Waals surface area (Å²) in [6, 6.07) is 44.4. The highest BCUT2D eigenvalue weighted by Crippen LogP contribution is 2.56. The van der Waals surface area contributed by atoms with Crippen LogP contribution >= 0.6 is 18.5 Å². The Hall–Kier alpha value is -2.26. The van der Waals surface area contributed by atoms with Crippen molar-refractivity contribution in [3.8, 4) is 0 Å². The molecule has 0 amide bonds. The molecule has 2 heteroatoms. The van der Waals surface area contributed by atoms with Gasteiger partial charge >= 0.3 is 0 Å². The van der Waals surface area contributed by atoms with Gasteiger partial charge in [0.25, 0.3) is 0 Å². The SMILES string of the molecule is PC(c1ccccc1)(c1ccccc1)C1CCC(C(P)(c2ccccc2)c2ccccc2)CC1. The van der Waals surface area contributed by atoms with Gasteiger partial charge in [0, 0.05) is 10.3 Å². The Morgan fingerprint density at radius 3 is 0.794 bits per heavy atom. The van der Waals surface area contributed by atoms with Gasteiger partial charge in [-0.1, -0.05) is 121 Å². The van der Waals surface area contributed by atoms with E-state index in [1.54, 1.807) is 0 Å². The van der Waals surface area contributed by atoms with E-state index >= 15 is 0 Å². The zero-order valence-corrected chi connectivity index (χ0v) is 22.0. The zero-order valence-electron chi connectivity index (χ0n) is 19.7. The van der Waals surface area contributed by atoms with E-state index < -0.39 is 0 Å². The van der Waals surface area contributed by atoms with E-state index in [0.29, 0.717) is 11.8 Å². The first kappa shape index (κ1) is 23.5. The largest absolute Gasteiger partial charge is 0.121 e. The van der Waals surface area contributed by atoms with Crippen LogP contribution in [0.25, 0.3) is 0 Å². The molecule has 2 unspecified atom stereocenters. The molecule has 1 saturated carbocycles. The fourth-order valence-corrected chi connectivity index (χ4v) is 7.57. The summed E-state index contributed by atoms with van der Waals surface area (Å²) >= 11 is 0. The highest BCUT2D eigenvalue weighted by Gasteiger charge is 2.44. The second-order valence-corrected chi connectivity index (χ2v) is 11.6. The Bertz CT molecular complexity index is 989. The molecule has 0 aliphatic heterocycles. The summed E-state index contributed by atoms with van der Waals surface area (Å²) in [5.74, 6) is 1.17. The Labute approximate surface area is 209 Å². The van der Waals surface area contributed by atoms with Crippen molar-refractivity contribution < 1.29 is 0 Å². The van der Waals surface area contributed by atoms with Gasteiger partial charge < -0.3 is 0 Å². The van der Waals surface area contributed by atoms with Gasteiger partial charge in [0.1, 0.15) is 0 Å². The second kappa shape index (κ2) is 10.2. The van der Waals surface area contributed by atoms with Gasteiger partial charge in [-0.15, -0.1) is 18.5 Å². The summed E-state index contributed by atoms with van der Waals surface area (Å²) in [4.78, 5) is 0. The minimum atomic E-state index is -0.0590. The van der Waals surface area contributed by atoms with Crippen LogP contribution in [0.1, 0.15) is 47.9 Å². The van der Waals surface area contributed by atoms with Crippen LogP contribution in [-0.2, 0) is 10.3 Å². The number of hydrogen-bond acceptors (Lipinski definition) is 0. The van der Waals surface area contributed by atoms with Crippen LogP contribution in [0.15, 0.2) is 121 Å². The van der Waals surface area contributed by atoms with E-state index in [9.17, 15) is 0 Å². The monoisotopic (exact) mass is 480 g/mol.